The minimum Gasteiger partial charge on any atom is -0.480 e. The number of likely N-dealkylation sites (tertiary alicyclic amines) is 1. The number of carbonyl (C=O) groups excluding carboxylic acids is 1. The van der Waals surface area contributed by atoms with E-state index in [0.717, 1.165) is 32.2 Å². The lowest BCUT2D eigenvalue weighted by molar-refractivity contribution is -0.140. The summed E-state index contributed by atoms with van der Waals surface area (Å²) in [6.07, 6.45) is 3.68. The van der Waals surface area contributed by atoms with Crippen LogP contribution in [0.4, 0.5) is 4.79 Å². The number of carbonyl (C=O) groups is 2. The summed E-state index contributed by atoms with van der Waals surface area (Å²) >= 11 is 0. The summed E-state index contributed by atoms with van der Waals surface area (Å²) in [7, 11) is 0. The molecule has 0 aromatic heterocycles. The number of carboxylic acid groups (broad SMARTS) is 1. The Balaban J connectivity index is 2.63. The molecule has 0 aliphatic carbocycles. The molecule has 0 saturated carbocycles. The fourth-order valence-electron chi connectivity index (χ4n) is 2.43. The zero-order valence-electron chi connectivity index (χ0n) is 11.5. The number of nitrogens with zero attached hydrogens (tertiary/aromatic N) is 1. The zero-order chi connectivity index (χ0) is 13.7. The highest BCUT2D eigenvalue weighted by atomic mass is 16.4. The first-order valence-electron chi connectivity index (χ1n) is 6.81. The van der Waals surface area contributed by atoms with Crippen LogP contribution >= 0.6 is 0 Å². The van der Waals surface area contributed by atoms with Crippen molar-refractivity contribution in [2.24, 2.45) is 5.92 Å². The Morgan fingerprint density at radius 2 is 2.11 bits per heavy atom. The molecule has 1 unspecified atom stereocenters. The number of aliphatic carboxylic acids is 1. The molecular formula is C13H24N2O3. The molecular weight excluding hydrogens is 232 g/mol. The molecule has 18 heavy (non-hydrogen) atoms. The standard InChI is InChI=1S/C13H24N2O3/c1-4-9(3)11(12(16)17)14-13(18)15-8-6-7-10(15)5-2/h9-11H,4-8H2,1-3H3,(H,14,18)(H,16,17)/t9-,10?,11-/m0/s1. The van der Waals surface area contributed by atoms with Crippen LogP contribution in [0.2, 0.25) is 0 Å². The van der Waals surface area contributed by atoms with Crippen LogP contribution in [0.3, 0.4) is 0 Å². The van der Waals surface area contributed by atoms with Crippen LogP contribution in [0.25, 0.3) is 0 Å². The van der Waals surface area contributed by atoms with Crippen molar-refractivity contribution in [2.45, 2.75) is 58.5 Å². The number of nitrogens with one attached hydrogen (secondary N) is 1. The third-order valence-corrected chi connectivity index (χ3v) is 3.87. The summed E-state index contributed by atoms with van der Waals surface area (Å²) in [5.41, 5.74) is 0. The van der Waals surface area contributed by atoms with E-state index in [1.54, 1.807) is 4.90 Å². The number of rotatable bonds is 5. The van der Waals surface area contributed by atoms with Crippen LogP contribution in [-0.2, 0) is 4.79 Å². The smallest absolute Gasteiger partial charge is 0.326 e. The molecule has 5 nitrogen and oxygen atoms in total. The summed E-state index contributed by atoms with van der Waals surface area (Å²) < 4.78 is 0. The first kappa shape index (κ1) is 14.8. The van der Waals surface area contributed by atoms with Crippen LogP contribution in [0, 0.1) is 5.92 Å². The van der Waals surface area contributed by atoms with Gasteiger partial charge in [0, 0.05) is 12.6 Å². The predicted octanol–water partition coefficient (Wildman–Crippen LogP) is 2.07. The summed E-state index contributed by atoms with van der Waals surface area (Å²) in [4.78, 5) is 25.0. The van der Waals surface area contributed by atoms with Crippen molar-refractivity contribution in [1.82, 2.24) is 10.2 Å². The van der Waals surface area contributed by atoms with Crippen molar-refractivity contribution in [3.05, 3.63) is 0 Å². The molecule has 0 aromatic carbocycles. The van der Waals surface area contributed by atoms with E-state index < -0.39 is 12.0 Å². The quantitative estimate of drug-likeness (QED) is 0.791. The van der Waals surface area contributed by atoms with Crippen molar-refractivity contribution >= 4 is 12.0 Å². The number of carboxylic acids is 1. The van der Waals surface area contributed by atoms with Crippen LogP contribution in [0.5, 0.6) is 0 Å². The first-order valence-corrected chi connectivity index (χ1v) is 6.81. The van der Waals surface area contributed by atoms with Gasteiger partial charge < -0.3 is 15.3 Å². The average Bonchev–Trinajstić information content (AvgIpc) is 2.82. The molecule has 0 radical (unpaired) electrons. The largest absolute Gasteiger partial charge is 0.480 e. The molecule has 3 atom stereocenters. The van der Waals surface area contributed by atoms with E-state index in [1.807, 2.05) is 13.8 Å². The lowest BCUT2D eigenvalue weighted by atomic mass is 9.99. The van der Waals surface area contributed by atoms with E-state index in [1.165, 1.54) is 0 Å². The highest BCUT2D eigenvalue weighted by Gasteiger charge is 2.31. The molecule has 1 fully saturated rings. The second-order valence-electron chi connectivity index (χ2n) is 5.05. The summed E-state index contributed by atoms with van der Waals surface area (Å²) in [5, 5.41) is 11.8. The Hall–Kier alpha value is -1.26. The molecule has 0 spiro atoms. The van der Waals surface area contributed by atoms with Crippen LogP contribution in [0.15, 0.2) is 0 Å². The summed E-state index contributed by atoms with van der Waals surface area (Å²) in [5.74, 6) is -1.01. The highest BCUT2D eigenvalue weighted by Crippen LogP contribution is 2.20. The van der Waals surface area contributed by atoms with E-state index in [4.69, 9.17) is 5.11 Å². The molecule has 1 saturated heterocycles. The molecule has 1 aliphatic heterocycles. The van der Waals surface area contributed by atoms with Crippen molar-refractivity contribution in [1.29, 1.82) is 0 Å². The van der Waals surface area contributed by atoms with Gasteiger partial charge in [-0.3, -0.25) is 0 Å². The van der Waals surface area contributed by atoms with Crippen LogP contribution in [-0.4, -0.2) is 40.6 Å². The van der Waals surface area contributed by atoms with Gasteiger partial charge in [-0.1, -0.05) is 27.2 Å². The Kier molecular flexibility index (Phi) is 5.44. The average molecular weight is 256 g/mol. The van der Waals surface area contributed by atoms with Gasteiger partial charge in [-0.15, -0.1) is 0 Å². The van der Waals surface area contributed by atoms with Crippen molar-refractivity contribution in [3.63, 3.8) is 0 Å². The predicted molar refractivity (Wildman–Crippen MR) is 69.4 cm³/mol. The summed E-state index contributed by atoms with van der Waals surface area (Å²) in [6.45, 7) is 6.56. The normalized spacial score (nSPS) is 22.6. The van der Waals surface area contributed by atoms with Gasteiger partial charge >= 0.3 is 12.0 Å². The van der Waals surface area contributed by atoms with Gasteiger partial charge in [-0.05, 0) is 25.2 Å². The van der Waals surface area contributed by atoms with Gasteiger partial charge in [-0.25, -0.2) is 9.59 Å². The molecule has 1 aliphatic rings. The fourth-order valence-corrected chi connectivity index (χ4v) is 2.43. The molecule has 5 heteroatoms. The number of hydrogen-bond donors (Lipinski definition) is 2. The van der Waals surface area contributed by atoms with Gasteiger partial charge in [0.1, 0.15) is 6.04 Å². The molecule has 0 aromatic rings. The topological polar surface area (TPSA) is 69.6 Å². The number of hydrogen-bond acceptors (Lipinski definition) is 2. The summed E-state index contributed by atoms with van der Waals surface area (Å²) in [6, 6.07) is -0.760. The maximum absolute atomic E-state index is 12.1. The Bertz CT molecular complexity index is 307. The third kappa shape index (κ3) is 3.37. The molecule has 0 bridgehead atoms. The second-order valence-corrected chi connectivity index (χ2v) is 5.05. The van der Waals surface area contributed by atoms with Crippen molar-refractivity contribution < 1.29 is 14.7 Å². The monoisotopic (exact) mass is 256 g/mol. The van der Waals surface area contributed by atoms with Crippen molar-refractivity contribution in [3.8, 4) is 0 Å². The van der Waals surface area contributed by atoms with E-state index in [2.05, 4.69) is 12.2 Å². The Morgan fingerprint density at radius 1 is 1.44 bits per heavy atom. The first-order chi connectivity index (χ1) is 8.51. The highest BCUT2D eigenvalue weighted by molar-refractivity contribution is 5.83. The number of amides is 2. The SMILES string of the molecule is CCC1CCCN1C(=O)N[C@H](C(=O)O)[C@@H](C)CC. The Labute approximate surface area is 109 Å². The van der Waals surface area contributed by atoms with E-state index >= 15 is 0 Å². The molecule has 1 rings (SSSR count). The lowest BCUT2D eigenvalue weighted by Gasteiger charge is -2.27. The van der Waals surface area contributed by atoms with Gasteiger partial charge in [0.2, 0.25) is 0 Å². The van der Waals surface area contributed by atoms with Crippen LogP contribution in [0.1, 0.15) is 46.5 Å². The second kappa shape index (κ2) is 6.61. The van der Waals surface area contributed by atoms with Gasteiger partial charge in [0.25, 0.3) is 0 Å². The van der Waals surface area contributed by atoms with Crippen LogP contribution < -0.4 is 5.32 Å². The molecule has 2 N–H and O–H groups in total. The Morgan fingerprint density at radius 3 is 2.61 bits per heavy atom. The molecule has 2 amide bonds. The zero-order valence-corrected chi connectivity index (χ0v) is 11.5. The third-order valence-electron chi connectivity index (χ3n) is 3.87. The van der Waals surface area contributed by atoms with Gasteiger partial charge in [0.15, 0.2) is 0 Å². The van der Waals surface area contributed by atoms with E-state index in [-0.39, 0.29) is 18.0 Å². The maximum atomic E-state index is 12.1. The van der Waals surface area contributed by atoms with E-state index in [0.29, 0.717) is 0 Å². The molecule has 104 valence electrons. The minimum absolute atomic E-state index is 0.0610. The van der Waals surface area contributed by atoms with Gasteiger partial charge in [0.05, 0.1) is 0 Å². The fraction of sp³-hybridized carbons (Fsp3) is 0.846. The van der Waals surface area contributed by atoms with E-state index in [9.17, 15) is 9.59 Å². The minimum atomic E-state index is -0.954. The lowest BCUT2D eigenvalue weighted by Crippen LogP contribution is -2.51. The van der Waals surface area contributed by atoms with Gasteiger partial charge in [-0.2, -0.15) is 0 Å². The maximum Gasteiger partial charge on any atom is 0.326 e. The molecule has 1 heterocycles. The number of urea groups is 1. The van der Waals surface area contributed by atoms with Crippen molar-refractivity contribution in [2.75, 3.05) is 6.54 Å².